The first kappa shape index (κ1) is 12.6. The van der Waals surface area contributed by atoms with Gasteiger partial charge in [-0.25, -0.2) is 0 Å². The second-order valence-electron chi connectivity index (χ2n) is 5.79. The Balaban J connectivity index is 1.89. The molecule has 4 nitrogen and oxygen atoms in total. The molecule has 1 heterocycles. The lowest BCUT2D eigenvalue weighted by Crippen LogP contribution is -2.34. The zero-order valence-corrected chi connectivity index (χ0v) is 11.6. The fourth-order valence-electron chi connectivity index (χ4n) is 3.24. The largest absolute Gasteiger partial charge is 0.320 e. The van der Waals surface area contributed by atoms with Crippen molar-refractivity contribution >= 4 is 11.6 Å². The van der Waals surface area contributed by atoms with Crippen LogP contribution in [0.2, 0.25) is 0 Å². The molecule has 1 saturated heterocycles. The van der Waals surface area contributed by atoms with E-state index in [0.717, 1.165) is 25.1 Å². The van der Waals surface area contributed by atoms with Gasteiger partial charge in [0, 0.05) is 18.3 Å². The summed E-state index contributed by atoms with van der Waals surface area (Å²) in [6, 6.07) is 6.62. The van der Waals surface area contributed by atoms with E-state index in [4.69, 9.17) is 5.73 Å². The minimum atomic E-state index is -0.317. The van der Waals surface area contributed by atoms with E-state index in [2.05, 4.69) is 37.2 Å². The van der Waals surface area contributed by atoms with E-state index in [9.17, 15) is 4.79 Å². The van der Waals surface area contributed by atoms with Crippen LogP contribution in [0.25, 0.3) is 0 Å². The molecule has 0 spiro atoms. The maximum Gasteiger partial charge on any atom is 0.243 e. The van der Waals surface area contributed by atoms with Gasteiger partial charge in [-0.2, -0.15) is 0 Å². The molecule has 4 heteroatoms. The van der Waals surface area contributed by atoms with Crippen LogP contribution in [-0.2, 0) is 11.2 Å². The van der Waals surface area contributed by atoms with Gasteiger partial charge in [0.2, 0.25) is 5.91 Å². The first-order valence-corrected chi connectivity index (χ1v) is 6.94. The molecule has 2 N–H and O–H groups in total. The first-order valence-electron chi connectivity index (χ1n) is 6.94. The number of benzene rings is 1. The highest BCUT2D eigenvalue weighted by molar-refractivity contribution is 5.99. The first-order chi connectivity index (χ1) is 9.08. The number of fused-ring (bicyclic) bond motifs is 1. The fraction of sp³-hybridized carbons (Fsp3) is 0.533. The molecule has 102 valence electrons. The average Bonchev–Trinajstić information content (AvgIpc) is 2.94. The van der Waals surface area contributed by atoms with Gasteiger partial charge in [0.05, 0.1) is 6.04 Å². The second-order valence-corrected chi connectivity index (χ2v) is 5.79. The van der Waals surface area contributed by atoms with E-state index in [1.165, 1.54) is 17.5 Å². The molecule has 1 aromatic carbocycles. The number of hydrogen-bond donors (Lipinski definition) is 1. The Bertz CT molecular complexity index is 512. The van der Waals surface area contributed by atoms with E-state index in [0.29, 0.717) is 6.04 Å². The molecule has 0 aromatic heterocycles. The molecule has 1 aliphatic carbocycles. The van der Waals surface area contributed by atoms with Crippen molar-refractivity contribution in [3.05, 3.63) is 29.3 Å². The van der Waals surface area contributed by atoms with Gasteiger partial charge in [-0.1, -0.05) is 6.07 Å². The molecule has 0 saturated carbocycles. The fourth-order valence-corrected chi connectivity index (χ4v) is 3.24. The Hall–Kier alpha value is -1.39. The monoisotopic (exact) mass is 259 g/mol. The summed E-state index contributed by atoms with van der Waals surface area (Å²) in [5.41, 5.74) is 9.58. The predicted molar refractivity (Wildman–Crippen MR) is 76.1 cm³/mol. The summed E-state index contributed by atoms with van der Waals surface area (Å²) in [7, 11) is 4.24. The zero-order valence-electron chi connectivity index (χ0n) is 11.6. The Morgan fingerprint density at radius 3 is 2.74 bits per heavy atom. The third-order valence-electron chi connectivity index (χ3n) is 4.35. The topological polar surface area (TPSA) is 49.6 Å². The van der Waals surface area contributed by atoms with Gasteiger partial charge in [-0.05, 0) is 56.6 Å². The van der Waals surface area contributed by atoms with Crippen LogP contribution in [0.5, 0.6) is 0 Å². The quantitative estimate of drug-likeness (QED) is 0.871. The van der Waals surface area contributed by atoms with Crippen LogP contribution < -0.4 is 10.6 Å². The third kappa shape index (κ3) is 2.05. The van der Waals surface area contributed by atoms with Crippen LogP contribution in [0.3, 0.4) is 0 Å². The van der Waals surface area contributed by atoms with E-state index in [1.807, 2.05) is 4.90 Å². The number of aryl methyl sites for hydroxylation is 1. The lowest BCUT2D eigenvalue weighted by atomic mass is 10.1. The molecule has 19 heavy (non-hydrogen) atoms. The van der Waals surface area contributed by atoms with E-state index in [1.54, 1.807) is 0 Å². The van der Waals surface area contributed by atoms with E-state index < -0.39 is 0 Å². The predicted octanol–water partition coefficient (Wildman–Crippen LogP) is 1.30. The second kappa shape index (κ2) is 4.62. The Labute approximate surface area is 114 Å². The zero-order chi connectivity index (χ0) is 13.6. The summed E-state index contributed by atoms with van der Waals surface area (Å²) in [5, 5.41) is 0. The smallest absolute Gasteiger partial charge is 0.243 e. The molecule has 1 fully saturated rings. The summed E-state index contributed by atoms with van der Waals surface area (Å²) < 4.78 is 0. The SMILES string of the molecule is CN(C)C1CCc2cc(N3CC[C@H](N)C3=O)ccc21. The normalized spacial score (nSPS) is 26.3. The molecule has 2 atom stereocenters. The van der Waals surface area contributed by atoms with Gasteiger partial charge in [0.25, 0.3) is 0 Å². The molecule has 3 rings (SSSR count). The van der Waals surface area contributed by atoms with Gasteiger partial charge < -0.3 is 15.5 Å². The summed E-state index contributed by atoms with van der Waals surface area (Å²) in [6.07, 6.45) is 3.02. The molecule has 1 amide bonds. The maximum atomic E-state index is 12.0. The van der Waals surface area contributed by atoms with Crippen molar-refractivity contribution in [1.29, 1.82) is 0 Å². The van der Waals surface area contributed by atoms with Crippen molar-refractivity contribution in [2.45, 2.75) is 31.3 Å². The van der Waals surface area contributed by atoms with Gasteiger partial charge in [-0.15, -0.1) is 0 Å². The molecular weight excluding hydrogens is 238 g/mol. The highest BCUT2D eigenvalue weighted by atomic mass is 16.2. The molecule has 1 aliphatic heterocycles. The summed E-state index contributed by atoms with van der Waals surface area (Å²) in [6.45, 7) is 0.746. The molecular formula is C15H21N3O. The van der Waals surface area contributed by atoms with Crippen molar-refractivity contribution in [3.63, 3.8) is 0 Å². The number of anilines is 1. The Kier molecular flexibility index (Phi) is 3.07. The molecule has 2 aliphatic rings. The van der Waals surface area contributed by atoms with Gasteiger partial charge >= 0.3 is 0 Å². The number of carbonyl (C=O) groups is 1. The van der Waals surface area contributed by atoms with Crippen molar-refractivity contribution in [2.75, 3.05) is 25.5 Å². The highest BCUT2D eigenvalue weighted by Gasteiger charge is 2.31. The van der Waals surface area contributed by atoms with Crippen LogP contribution in [0, 0.1) is 0 Å². The third-order valence-corrected chi connectivity index (χ3v) is 4.35. The number of hydrogen-bond acceptors (Lipinski definition) is 3. The minimum Gasteiger partial charge on any atom is -0.320 e. The number of amides is 1. The highest BCUT2D eigenvalue weighted by Crippen LogP contribution is 2.37. The number of nitrogens with two attached hydrogens (primary N) is 1. The summed E-state index contributed by atoms with van der Waals surface area (Å²) >= 11 is 0. The molecule has 0 bridgehead atoms. The van der Waals surface area contributed by atoms with Crippen LogP contribution in [-0.4, -0.2) is 37.5 Å². The standard InChI is InChI=1S/C15H21N3O/c1-17(2)14-6-3-10-9-11(4-5-12(10)14)18-8-7-13(16)15(18)19/h4-5,9,13-14H,3,6-8,16H2,1-2H3/t13-,14?/m0/s1. The molecule has 0 radical (unpaired) electrons. The minimum absolute atomic E-state index is 0.0575. The van der Waals surface area contributed by atoms with E-state index >= 15 is 0 Å². The van der Waals surface area contributed by atoms with Crippen molar-refractivity contribution in [2.24, 2.45) is 5.73 Å². The van der Waals surface area contributed by atoms with Crippen LogP contribution in [0.1, 0.15) is 30.0 Å². The number of carbonyl (C=O) groups excluding carboxylic acids is 1. The lowest BCUT2D eigenvalue weighted by molar-refractivity contribution is -0.118. The summed E-state index contributed by atoms with van der Waals surface area (Å²) in [5.74, 6) is 0.0575. The van der Waals surface area contributed by atoms with Crippen LogP contribution >= 0.6 is 0 Å². The number of nitrogens with zero attached hydrogens (tertiary/aromatic N) is 2. The average molecular weight is 259 g/mol. The van der Waals surface area contributed by atoms with Gasteiger partial charge in [0.1, 0.15) is 0 Å². The maximum absolute atomic E-state index is 12.0. The van der Waals surface area contributed by atoms with Crippen LogP contribution in [0.4, 0.5) is 5.69 Å². The van der Waals surface area contributed by atoms with Crippen molar-refractivity contribution < 1.29 is 4.79 Å². The molecule has 1 unspecified atom stereocenters. The Morgan fingerprint density at radius 2 is 2.11 bits per heavy atom. The Morgan fingerprint density at radius 1 is 1.32 bits per heavy atom. The van der Waals surface area contributed by atoms with Crippen molar-refractivity contribution in [1.82, 2.24) is 4.90 Å². The number of rotatable bonds is 2. The van der Waals surface area contributed by atoms with E-state index in [-0.39, 0.29) is 11.9 Å². The van der Waals surface area contributed by atoms with Crippen molar-refractivity contribution in [3.8, 4) is 0 Å². The summed E-state index contributed by atoms with van der Waals surface area (Å²) in [4.78, 5) is 16.1. The van der Waals surface area contributed by atoms with Gasteiger partial charge in [0.15, 0.2) is 0 Å². The molecule has 1 aromatic rings. The lowest BCUT2D eigenvalue weighted by Gasteiger charge is -2.21. The van der Waals surface area contributed by atoms with Crippen LogP contribution in [0.15, 0.2) is 18.2 Å². The van der Waals surface area contributed by atoms with Gasteiger partial charge in [-0.3, -0.25) is 4.79 Å².